The Bertz CT molecular complexity index is 680. The van der Waals surface area contributed by atoms with Crippen LogP contribution in [0.4, 0.5) is 5.69 Å². The van der Waals surface area contributed by atoms with Gasteiger partial charge in [0.15, 0.2) is 0 Å². The molecule has 6 heteroatoms. The Hall–Kier alpha value is -2.50. The second kappa shape index (κ2) is 8.25. The molecule has 0 saturated carbocycles. The lowest BCUT2D eigenvalue weighted by Gasteiger charge is -2.39. The van der Waals surface area contributed by atoms with Crippen LogP contribution in [0.2, 0.25) is 0 Å². The van der Waals surface area contributed by atoms with Gasteiger partial charge in [0.1, 0.15) is 5.75 Å². The van der Waals surface area contributed by atoms with Crippen LogP contribution in [0.3, 0.4) is 0 Å². The number of hydrogen-bond donors (Lipinski definition) is 1. The Labute approximate surface area is 154 Å². The zero-order chi connectivity index (χ0) is 18.5. The average molecular weight is 358 g/mol. The maximum atomic E-state index is 12.9. The predicted molar refractivity (Wildman–Crippen MR) is 99.4 cm³/mol. The molecule has 1 heterocycles. The van der Waals surface area contributed by atoms with E-state index >= 15 is 0 Å². The van der Waals surface area contributed by atoms with Crippen LogP contribution in [0.1, 0.15) is 19.8 Å². The number of aliphatic carboxylic acids is 1. The van der Waals surface area contributed by atoms with E-state index < -0.39 is 17.8 Å². The van der Waals surface area contributed by atoms with Crippen LogP contribution in [0, 0.1) is 11.8 Å². The molecule has 2 atom stereocenters. The number of para-hydroxylation sites is 2. The zero-order valence-electron chi connectivity index (χ0n) is 15.1. The topological polar surface area (TPSA) is 70.1 Å². The fourth-order valence-corrected chi connectivity index (χ4v) is 3.76. The highest BCUT2D eigenvalue weighted by molar-refractivity contribution is 5.85. The summed E-state index contributed by atoms with van der Waals surface area (Å²) < 4.78 is 5.71. The molecule has 1 saturated heterocycles. The third kappa shape index (κ3) is 3.84. The smallest absolute Gasteiger partial charge is 0.307 e. The van der Waals surface area contributed by atoms with E-state index in [4.69, 9.17) is 4.74 Å². The molecule has 1 fully saturated rings. The van der Waals surface area contributed by atoms with Crippen molar-refractivity contribution >= 4 is 17.6 Å². The number of carbonyl (C=O) groups excluding carboxylic acids is 1. The summed E-state index contributed by atoms with van der Waals surface area (Å²) in [6, 6.07) is 7.94. The molecular formula is C20H26N2O4. The van der Waals surface area contributed by atoms with E-state index in [2.05, 4.69) is 4.90 Å². The lowest BCUT2D eigenvalue weighted by molar-refractivity contribution is -0.150. The second-order valence-electron chi connectivity index (χ2n) is 6.71. The predicted octanol–water partition coefficient (Wildman–Crippen LogP) is 2.40. The molecule has 6 nitrogen and oxygen atoms in total. The van der Waals surface area contributed by atoms with Crippen LogP contribution in [0.25, 0.3) is 0 Å². The molecule has 1 aliphatic carbocycles. The van der Waals surface area contributed by atoms with Crippen LogP contribution in [0.15, 0.2) is 36.4 Å². The Balaban J connectivity index is 1.64. The Kier molecular flexibility index (Phi) is 5.81. The molecule has 1 amide bonds. The van der Waals surface area contributed by atoms with Crippen LogP contribution in [-0.2, 0) is 9.59 Å². The first kappa shape index (κ1) is 18.3. The normalized spacial score (nSPS) is 23.0. The lowest BCUT2D eigenvalue weighted by Crippen LogP contribution is -2.52. The number of piperazine rings is 1. The number of carboxylic acids is 1. The lowest BCUT2D eigenvalue weighted by atomic mass is 9.82. The number of rotatable bonds is 5. The van der Waals surface area contributed by atoms with Crippen molar-refractivity contribution in [3.8, 4) is 5.75 Å². The van der Waals surface area contributed by atoms with Gasteiger partial charge in [-0.15, -0.1) is 0 Å². The SMILES string of the molecule is CCOc1ccccc1N1CCN(C(=O)C2CC=CCC2C(=O)O)CC1. The maximum absolute atomic E-state index is 12.9. The summed E-state index contributed by atoms with van der Waals surface area (Å²) >= 11 is 0. The molecular weight excluding hydrogens is 332 g/mol. The fraction of sp³-hybridized carbons (Fsp3) is 0.500. The van der Waals surface area contributed by atoms with Gasteiger partial charge in [0.25, 0.3) is 0 Å². The van der Waals surface area contributed by atoms with Gasteiger partial charge in [0, 0.05) is 26.2 Å². The van der Waals surface area contributed by atoms with Crippen LogP contribution in [0.5, 0.6) is 5.75 Å². The summed E-state index contributed by atoms with van der Waals surface area (Å²) in [4.78, 5) is 28.4. The van der Waals surface area contributed by atoms with Crippen molar-refractivity contribution in [1.82, 2.24) is 4.90 Å². The van der Waals surface area contributed by atoms with Crippen molar-refractivity contribution in [2.45, 2.75) is 19.8 Å². The van der Waals surface area contributed by atoms with E-state index in [9.17, 15) is 14.7 Å². The molecule has 140 valence electrons. The van der Waals surface area contributed by atoms with Gasteiger partial charge >= 0.3 is 5.97 Å². The van der Waals surface area contributed by atoms with Crippen LogP contribution < -0.4 is 9.64 Å². The number of allylic oxidation sites excluding steroid dienone is 2. The quantitative estimate of drug-likeness (QED) is 0.819. The van der Waals surface area contributed by atoms with Crippen molar-refractivity contribution in [3.63, 3.8) is 0 Å². The molecule has 0 aromatic heterocycles. The minimum absolute atomic E-state index is 0.0282. The van der Waals surface area contributed by atoms with Crippen LogP contribution >= 0.6 is 0 Å². The van der Waals surface area contributed by atoms with Gasteiger partial charge in [-0.3, -0.25) is 9.59 Å². The average Bonchev–Trinajstić information content (AvgIpc) is 2.68. The van der Waals surface area contributed by atoms with Crippen molar-refractivity contribution in [2.75, 3.05) is 37.7 Å². The van der Waals surface area contributed by atoms with Gasteiger partial charge in [-0.25, -0.2) is 0 Å². The molecule has 0 radical (unpaired) electrons. The number of nitrogens with zero attached hydrogens (tertiary/aromatic N) is 2. The second-order valence-corrected chi connectivity index (χ2v) is 6.71. The van der Waals surface area contributed by atoms with Crippen molar-refractivity contribution in [1.29, 1.82) is 0 Å². The van der Waals surface area contributed by atoms with Crippen LogP contribution in [-0.4, -0.2) is 54.7 Å². The van der Waals surface area contributed by atoms with E-state index in [1.807, 2.05) is 48.2 Å². The van der Waals surface area contributed by atoms with E-state index in [-0.39, 0.29) is 5.91 Å². The fourth-order valence-electron chi connectivity index (χ4n) is 3.76. The standard InChI is InChI=1S/C20H26N2O4/c1-2-26-18-10-6-5-9-17(18)21-11-13-22(14-12-21)19(23)15-7-3-4-8-16(15)20(24)25/h3-6,9-10,15-16H,2,7-8,11-14H2,1H3,(H,24,25). The van der Waals surface area contributed by atoms with Gasteiger partial charge in [-0.1, -0.05) is 24.3 Å². The number of carbonyl (C=O) groups is 2. The number of benzene rings is 1. The highest BCUT2D eigenvalue weighted by atomic mass is 16.5. The Morgan fingerprint density at radius 1 is 1.08 bits per heavy atom. The molecule has 26 heavy (non-hydrogen) atoms. The molecule has 1 aliphatic heterocycles. The highest BCUT2D eigenvalue weighted by Gasteiger charge is 2.37. The summed E-state index contributed by atoms with van der Waals surface area (Å²) in [5.41, 5.74) is 1.05. The molecule has 1 aromatic carbocycles. The summed E-state index contributed by atoms with van der Waals surface area (Å²) in [6.45, 7) is 5.22. The largest absolute Gasteiger partial charge is 0.492 e. The number of carboxylic acid groups (broad SMARTS) is 1. The Morgan fingerprint density at radius 2 is 1.73 bits per heavy atom. The molecule has 0 bridgehead atoms. The molecule has 0 spiro atoms. The highest BCUT2D eigenvalue weighted by Crippen LogP contribution is 2.31. The summed E-state index contributed by atoms with van der Waals surface area (Å²) in [6.07, 6.45) is 4.75. The van der Waals surface area contributed by atoms with Crippen molar-refractivity contribution < 1.29 is 19.4 Å². The molecule has 2 unspecified atom stereocenters. The molecule has 1 aromatic rings. The number of amides is 1. The molecule has 2 aliphatic rings. The summed E-state index contributed by atoms with van der Waals surface area (Å²) in [7, 11) is 0. The third-order valence-electron chi connectivity index (χ3n) is 5.16. The maximum Gasteiger partial charge on any atom is 0.307 e. The summed E-state index contributed by atoms with van der Waals surface area (Å²) in [5.74, 6) is -1.10. The first-order valence-electron chi connectivity index (χ1n) is 9.25. The molecule has 1 N–H and O–H groups in total. The minimum atomic E-state index is -0.878. The van der Waals surface area contributed by atoms with E-state index in [0.717, 1.165) is 24.5 Å². The van der Waals surface area contributed by atoms with Gasteiger partial charge in [0.2, 0.25) is 5.91 Å². The number of ether oxygens (including phenoxy) is 1. The number of hydrogen-bond acceptors (Lipinski definition) is 4. The first-order chi connectivity index (χ1) is 12.6. The minimum Gasteiger partial charge on any atom is -0.492 e. The Morgan fingerprint density at radius 3 is 2.38 bits per heavy atom. The first-order valence-corrected chi connectivity index (χ1v) is 9.25. The molecule has 3 rings (SSSR count). The van der Waals surface area contributed by atoms with E-state index in [0.29, 0.717) is 32.5 Å². The van der Waals surface area contributed by atoms with E-state index in [1.54, 1.807) is 0 Å². The van der Waals surface area contributed by atoms with Gasteiger partial charge < -0.3 is 19.6 Å². The van der Waals surface area contributed by atoms with Gasteiger partial charge in [0.05, 0.1) is 24.1 Å². The monoisotopic (exact) mass is 358 g/mol. The van der Waals surface area contributed by atoms with Crippen molar-refractivity contribution in [2.24, 2.45) is 11.8 Å². The van der Waals surface area contributed by atoms with Gasteiger partial charge in [-0.05, 0) is 31.9 Å². The zero-order valence-corrected chi connectivity index (χ0v) is 15.1. The van der Waals surface area contributed by atoms with E-state index in [1.165, 1.54) is 0 Å². The summed E-state index contributed by atoms with van der Waals surface area (Å²) in [5, 5.41) is 9.40. The third-order valence-corrected chi connectivity index (χ3v) is 5.16. The van der Waals surface area contributed by atoms with Crippen molar-refractivity contribution in [3.05, 3.63) is 36.4 Å². The number of anilines is 1. The van der Waals surface area contributed by atoms with Gasteiger partial charge in [-0.2, -0.15) is 0 Å².